The third kappa shape index (κ3) is 3.38. The molecule has 2 aliphatic heterocycles. The summed E-state index contributed by atoms with van der Waals surface area (Å²) in [6, 6.07) is 0. The van der Waals surface area contributed by atoms with Crippen molar-refractivity contribution in [1.82, 2.24) is 10.4 Å². The van der Waals surface area contributed by atoms with Crippen molar-refractivity contribution in [2.24, 2.45) is 5.41 Å². The average molecular weight is 308 g/mol. The van der Waals surface area contributed by atoms with Crippen LogP contribution in [0.3, 0.4) is 0 Å². The van der Waals surface area contributed by atoms with Crippen molar-refractivity contribution >= 4 is 6.09 Å². The first-order valence-electron chi connectivity index (χ1n) is 7.74. The summed E-state index contributed by atoms with van der Waals surface area (Å²) in [5, 5.41) is 0. The molecule has 2 fully saturated rings. The van der Waals surface area contributed by atoms with Crippen LogP contribution in [0.4, 0.5) is 4.79 Å². The van der Waals surface area contributed by atoms with Gasteiger partial charge in [-0.3, -0.25) is 10.3 Å². The molecule has 0 unspecified atom stereocenters. The van der Waals surface area contributed by atoms with Crippen LogP contribution >= 0.6 is 0 Å². The minimum absolute atomic E-state index is 0.208. The molecule has 2 heterocycles. The van der Waals surface area contributed by atoms with Crippen molar-refractivity contribution in [3.63, 3.8) is 0 Å². The maximum Gasteiger partial charge on any atom is 0.410 e. The number of nitrogens with zero attached hydrogens (tertiary/aromatic N) is 1. The average Bonchev–Trinajstić information content (AvgIpc) is 2.56. The first-order valence-corrected chi connectivity index (χ1v) is 7.74. The summed E-state index contributed by atoms with van der Waals surface area (Å²) in [5.74, 6) is 0.841. The van der Waals surface area contributed by atoms with E-state index in [1.54, 1.807) is 11.1 Å². The van der Waals surface area contributed by atoms with E-state index in [1.165, 1.54) is 0 Å². The van der Waals surface area contributed by atoms with Crippen molar-refractivity contribution in [3.05, 3.63) is 24.1 Å². The molecule has 1 amide bonds. The fourth-order valence-electron chi connectivity index (χ4n) is 3.15. The molecule has 1 N–H and O–H groups in total. The standard InChI is InChI=1S/C16H24N2O4/c1-15(2,3)22-14(19)18-10-16(11-18)8-13(9-16)21-12-4-6-17-20-7-5-12/h4-6,13,17H,7-11H2,1-3H3. The lowest BCUT2D eigenvalue weighted by atomic mass is 9.62. The van der Waals surface area contributed by atoms with Crippen LogP contribution in [0.25, 0.3) is 0 Å². The number of carbonyl (C=O) groups excluding carboxylic acids is 1. The Kier molecular flexibility index (Phi) is 3.80. The smallest absolute Gasteiger partial charge is 0.410 e. The first-order chi connectivity index (χ1) is 10.4. The van der Waals surface area contributed by atoms with Gasteiger partial charge in [-0.2, -0.15) is 0 Å². The van der Waals surface area contributed by atoms with Gasteiger partial charge < -0.3 is 14.4 Å². The first kappa shape index (κ1) is 15.2. The lowest BCUT2D eigenvalue weighted by Gasteiger charge is -2.58. The van der Waals surface area contributed by atoms with E-state index in [9.17, 15) is 4.79 Å². The second-order valence-electron chi connectivity index (χ2n) is 7.35. The zero-order valence-corrected chi connectivity index (χ0v) is 13.4. The van der Waals surface area contributed by atoms with Crippen LogP contribution < -0.4 is 5.48 Å². The van der Waals surface area contributed by atoms with E-state index in [0.717, 1.165) is 31.7 Å². The molecule has 0 atom stereocenters. The number of likely N-dealkylation sites (tertiary alicyclic amines) is 1. The largest absolute Gasteiger partial charge is 0.491 e. The number of hydrogen-bond acceptors (Lipinski definition) is 5. The van der Waals surface area contributed by atoms with Gasteiger partial charge in [0.1, 0.15) is 17.5 Å². The topological polar surface area (TPSA) is 60.0 Å². The highest BCUT2D eigenvalue weighted by Gasteiger charge is 2.55. The Morgan fingerprint density at radius 3 is 2.82 bits per heavy atom. The SMILES string of the molecule is CC(C)(C)OC(=O)N1CC2(CC(OC3=CCONC=C3)C2)C1. The number of ether oxygens (including phenoxy) is 2. The molecule has 6 nitrogen and oxygen atoms in total. The van der Waals surface area contributed by atoms with E-state index in [2.05, 4.69) is 5.48 Å². The zero-order valence-electron chi connectivity index (χ0n) is 13.4. The van der Waals surface area contributed by atoms with Crippen molar-refractivity contribution in [2.75, 3.05) is 19.7 Å². The van der Waals surface area contributed by atoms with Crippen LogP contribution in [0.5, 0.6) is 0 Å². The number of nitrogens with one attached hydrogen (secondary N) is 1. The molecule has 1 spiro atoms. The Hall–Kier alpha value is -1.69. The molecule has 0 aromatic rings. The summed E-state index contributed by atoms with van der Waals surface area (Å²) in [6.07, 6.45) is 7.51. The highest BCUT2D eigenvalue weighted by atomic mass is 16.6. The Morgan fingerprint density at radius 1 is 1.41 bits per heavy atom. The van der Waals surface area contributed by atoms with Crippen LogP contribution in [0, 0.1) is 5.41 Å². The van der Waals surface area contributed by atoms with Gasteiger partial charge in [-0.05, 0) is 45.8 Å². The Balaban J connectivity index is 1.41. The summed E-state index contributed by atoms with van der Waals surface area (Å²) in [5.41, 5.74) is 2.50. The number of hydroxylamine groups is 1. The van der Waals surface area contributed by atoms with Gasteiger partial charge in [-0.1, -0.05) is 0 Å². The summed E-state index contributed by atoms with van der Waals surface area (Å²) in [4.78, 5) is 18.8. The molecule has 1 saturated carbocycles. The van der Waals surface area contributed by atoms with Crippen molar-refractivity contribution in [2.45, 2.75) is 45.3 Å². The molecular formula is C16H24N2O4. The van der Waals surface area contributed by atoms with Gasteiger partial charge >= 0.3 is 6.09 Å². The van der Waals surface area contributed by atoms with Crippen molar-refractivity contribution < 1.29 is 19.1 Å². The highest BCUT2D eigenvalue weighted by Crippen LogP contribution is 2.50. The Morgan fingerprint density at radius 2 is 2.14 bits per heavy atom. The van der Waals surface area contributed by atoms with E-state index in [1.807, 2.05) is 32.9 Å². The van der Waals surface area contributed by atoms with E-state index >= 15 is 0 Å². The molecule has 0 aromatic heterocycles. The van der Waals surface area contributed by atoms with Gasteiger partial charge in [0.25, 0.3) is 0 Å². The highest BCUT2D eigenvalue weighted by molar-refractivity contribution is 5.69. The van der Waals surface area contributed by atoms with Crippen LogP contribution in [-0.4, -0.2) is 42.4 Å². The summed E-state index contributed by atoms with van der Waals surface area (Å²) in [6.45, 7) is 7.72. The maximum absolute atomic E-state index is 11.9. The molecule has 0 bridgehead atoms. The molecule has 6 heteroatoms. The molecule has 0 aromatic carbocycles. The van der Waals surface area contributed by atoms with Crippen LogP contribution in [0.2, 0.25) is 0 Å². The fourth-order valence-corrected chi connectivity index (χ4v) is 3.15. The fraction of sp³-hybridized carbons (Fsp3) is 0.688. The quantitative estimate of drug-likeness (QED) is 0.848. The van der Waals surface area contributed by atoms with Crippen molar-refractivity contribution in [3.8, 4) is 0 Å². The van der Waals surface area contributed by atoms with Gasteiger partial charge in [0, 0.05) is 24.7 Å². The third-order valence-electron chi connectivity index (χ3n) is 4.10. The monoisotopic (exact) mass is 308 g/mol. The molecule has 1 aliphatic carbocycles. The summed E-state index contributed by atoms with van der Waals surface area (Å²) >= 11 is 0. The van der Waals surface area contributed by atoms with Gasteiger partial charge in [0.2, 0.25) is 0 Å². The lowest BCUT2D eigenvalue weighted by Crippen LogP contribution is -2.65. The van der Waals surface area contributed by atoms with Crippen LogP contribution in [0.1, 0.15) is 33.6 Å². The van der Waals surface area contributed by atoms with E-state index in [4.69, 9.17) is 14.3 Å². The Labute approximate surface area is 131 Å². The summed E-state index contributed by atoms with van der Waals surface area (Å²) in [7, 11) is 0. The molecule has 1 saturated heterocycles. The minimum Gasteiger partial charge on any atom is -0.491 e. The molecule has 0 radical (unpaired) electrons. The number of amides is 1. The molecule has 3 aliphatic rings. The van der Waals surface area contributed by atoms with Gasteiger partial charge in [0.15, 0.2) is 0 Å². The van der Waals surface area contributed by atoms with E-state index in [-0.39, 0.29) is 17.6 Å². The number of rotatable bonds is 2. The molecular weight excluding hydrogens is 284 g/mol. The van der Waals surface area contributed by atoms with E-state index < -0.39 is 5.60 Å². The van der Waals surface area contributed by atoms with Gasteiger partial charge in [0.05, 0.1) is 6.61 Å². The second-order valence-corrected chi connectivity index (χ2v) is 7.35. The van der Waals surface area contributed by atoms with Crippen LogP contribution in [0.15, 0.2) is 24.1 Å². The predicted molar refractivity (Wildman–Crippen MR) is 80.7 cm³/mol. The van der Waals surface area contributed by atoms with Gasteiger partial charge in [-0.15, -0.1) is 0 Å². The zero-order chi connectivity index (χ0) is 15.8. The van der Waals surface area contributed by atoms with E-state index in [0.29, 0.717) is 6.61 Å². The Bertz CT molecular complexity index is 493. The van der Waals surface area contributed by atoms with Crippen molar-refractivity contribution in [1.29, 1.82) is 0 Å². The molecule has 122 valence electrons. The number of carbonyl (C=O) groups is 1. The molecule has 22 heavy (non-hydrogen) atoms. The predicted octanol–water partition coefficient (Wildman–Crippen LogP) is 2.33. The van der Waals surface area contributed by atoms with Crippen LogP contribution in [-0.2, 0) is 14.3 Å². The lowest BCUT2D eigenvalue weighted by molar-refractivity contribution is -0.131. The number of hydrogen-bond donors (Lipinski definition) is 1. The number of allylic oxidation sites excluding steroid dienone is 1. The second kappa shape index (κ2) is 5.50. The third-order valence-corrected chi connectivity index (χ3v) is 4.10. The minimum atomic E-state index is -0.431. The summed E-state index contributed by atoms with van der Waals surface area (Å²) < 4.78 is 11.3. The molecule has 3 rings (SSSR count). The maximum atomic E-state index is 11.9. The normalized spacial score (nSPS) is 23.8. The van der Waals surface area contributed by atoms with Gasteiger partial charge in [-0.25, -0.2) is 4.79 Å².